The fourth-order valence-electron chi connectivity index (χ4n) is 5.74. The van der Waals surface area contributed by atoms with Crippen molar-refractivity contribution in [2.45, 2.75) is 70.3 Å². The number of hydrogen-bond acceptors (Lipinski definition) is 3. The van der Waals surface area contributed by atoms with Gasteiger partial charge >= 0.3 is 0 Å². The Kier molecular flexibility index (Phi) is 3.32. The number of ketones is 1. The van der Waals surface area contributed by atoms with E-state index in [1.807, 2.05) is 0 Å². The van der Waals surface area contributed by atoms with Gasteiger partial charge in [0.2, 0.25) is 0 Å². The molecule has 0 aromatic heterocycles. The summed E-state index contributed by atoms with van der Waals surface area (Å²) in [4.78, 5) is 12.3. The Bertz CT molecular complexity index is 668. The van der Waals surface area contributed by atoms with Crippen LogP contribution in [0.3, 0.4) is 0 Å². The minimum absolute atomic E-state index is 0.123. The van der Waals surface area contributed by atoms with Crippen LogP contribution in [0.15, 0.2) is 22.8 Å². The average Bonchev–Trinajstić information content (AvgIpc) is 2.82. The van der Waals surface area contributed by atoms with Gasteiger partial charge in [0.25, 0.3) is 0 Å². The largest absolute Gasteiger partial charge is 0.388 e. The zero-order valence-corrected chi connectivity index (χ0v) is 13.9. The summed E-state index contributed by atoms with van der Waals surface area (Å²) < 4.78 is 0. The van der Waals surface area contributed by atoms with E-state index in [1.165, 1.54) is 16.7 Å². The zero-order valence-electron chi connectivity index (χ0n) is 13.9. The van der Waals surface area contributed by atoms with Gasteiger partial charge in [-0.2, -0.15) is 5.26 Å². The van der Waals surface area contributed by atoms with Gasteiger partial charge in [-0.25, -0.2) is 0 Å². The lowest BCUT2D eigenvalue weighted by Gasteiger charge is -2.46. The number of fused-ring (bicyclic) bond motifs is 4. The molecule has 23 heavy (non-hydrogen) atoms. The molecule has 4 rings (SSSR count). The maximum atomic E-state index is 12.3. The number of Topliss-reactive ketones (excluding diaryl/α,β-unsaturated/α-hetero) is 1. The van der Waals surface area contributed by atoms with E-state index in [0.717, 1.165) is 38.5 Å². The quantitative estimate of drug-likeness (QED) is 0.800. The fraction of sp³-hybridized carbons (Fsp3) is 0.700. The molecule has 4 aliphatic carbocycles. The average molecular weight is 311 g/mol. The van der Waals surface area contributed by atoms with Crippen LogP contribution >= 0.6 is 0 Å². The molecule has 0 aromatic carbocycles. The highest BCUT2D eigenvalue weighted by molar-refractivity contribution is 5.87. The summed E-state index contributed by atoms with van der Waals surface area (Å²) in [6.45, 7) is 2.18. The van der Waals surface area contributed by atoms with Gasteiger partial charge in [-0.1, -0.05) is 18.6 Å². The Labute approximate surface area is 138 Å². The molecule has 0 radical (unpaired) electrons. The predicted molar refractivity (Wildman–Crippen MR) is 87.3 cm³/mol. The Balaban J connectivity index is 1.67. The van der Waals surface area contributed by atoms with Crippen LogP contribution in [0.25, 0.3) is 0 Å². The van der Waals surface area contributed by atoms with Crippen molar-refractivity contribution in [1.82, 2.24) is 0 Å². The van der Waals surface area contributed by atoms with Crippen LogP contribution in [-0.4, -0.2) is 16.5 Å². The summed E-state index contributed by atoms with van der Waals surface area (Å²) in [6.07, 6.45) is 9.69. The van der Waals surface area contributed by atoms with Gasteiger partial charge in [-0.3, -0.25) is 4.79 Å². The predicted octanol–water partition coefficient (Wildman–Crippen LogP) is 3.84. The molecule has 4 atom stereocenters. The zero-order chi connectivity index (χ0) is 16.2. The lowest BCUT2D eigenvalue weighted by Crippen LogP contribution is -2.40. The van der Waals surface area contributed by atoms with Crippen LogP contribution in [0, 0.1) is 28.6 Å². The van der Waals surface area contributed by atoms with Gasteiger partial charge in [0, 0.05) is 11.8 Å². The number of hydrogen-bond donors (Lipinski definition) is 1. The van der Waals surface area contributed by atoms with Crippen LogP contribution in [0.5, 0.6) is 0 Å². The molecule has 0 amide bonds. The second kappa shape index (κ2) is 5.05. The molecular weight excluding hydrogens is 286 g/mol. The highest BCUT2D eigenvalue weighted by Crippen LogP contribution is 2.58. The van der Waals surface area contributed by atoms with Crippen molar-refractivity contribution in [2.24, 2.45) is 17.3 Å². The third kappa shape index (κ3) is 2.15. The van der Waals surface area contributed by atoms with Crippen LogP contribution in [-0.2, 0) is 4.79 Å². The van der Waals surface area contributed by atoms with Crippen LogP contribution in [0.1, 0.15) is 64.7 Å². The molecule has 0 saturated heterocycles. The molecule has 0 heterocycles. The lowest BCUT2D eigenvalue weighted by atomic mass is 9.58. The normalized spacial score (nSPS) is 42.5. The van der Waals surface area contributed by atoms with Gasteiger partial charge in [0.1, 0.15) is 5.78 Å². The molecule has 1 fully saturated rings. The Morgan fingerprint density at radius 1 is 1.35 bits per heavy atom. The summed E-state index contributed by atoms with van der Waals surface area (Å²) >= 11 is 0. The summed E-state index contributed by atoms with van der Waals surface area (Å²) in [5.41, 5.74) is 3.40. The molecule has 1 unspecified atom stereocenters. The first kappa shape index (κ1) is 15.1. The SMILES string of the molecule is C[C@]12CC=C3C4=C(CC[C@H]3[C@@H]1CCC2=O)CC(O)(CC#N)CC4. The minimum atomic E-state index is -0.812. The van der Waals surface area contributed by atoms with E-state index in [2.05, 4.69) is 19.1 Å². The summed E-state index contributed by atoms with van der Waals surface area (Å²) in [6, 6.07) is 2.15. The fourth-order valence-corrected chi connectivity index (χ4v) is 5.74. The van der Waals surface area contributed by atoms with Crippen molar-refractivity contribution in [1.29, 1.82) is 5.26 Å². The highest BCUT2D eigenvalue weighted by atomic mass is 16.3. The molecule has 3 heteroatoms. The molecule has 4 aliphatic rings. The highest BCUT2D eigenvalue weighted by Gasteiger charge is 2.52. The third-order valence-corrected chi connectivity index (χ3v) is 7.09. The first-order valence-electron chi connectivity index (χ1n) is 9.01. The van der Waals surface area contributed by atoms with Gasteiger partial charge < -0.3 is 5.11 Å². The molecule has 1 saturated carbocycles. The second-order valence-corrected chi connectivity index (χ2v) is 8.31. The number of rotatable bonds is 1. The molecule has 0 aliphatic heterocycles. The summed E-state index contributed by atoms with van der Waals surface area (Å²) in [5.74, 6) is 1.52. The van der Waals surface area contributed by atoms with Crippen molar-refractivity contribution in [3.63, 3.8) is 0 Å². The van der Waals surface area contributed by atoms with Gasteiger partial charge in [-0.05, 0) is 67.9 Å². The van der Waals surface area contributed by atoms with E-state index in [1.54, 1.807) is 0 Å². The van der Waals surface area contributed by atoms with E-state index in [-0.39, 0.29) is 11.8 Å². The van der Waals surface area contributed by atoms with E-state index >= 15 is 0 Å². The number of carbonyl (C=O) groups is 1. The molecule has 0 bridgehead atoms. The monoisotopic (exact) mass is 311 g/mol. The number of allylic oxidation sites excluding steroid dienone is 3. The Morgan fingerprint density at radius 3 is 2.96 bits per heavy atom. The van der Waals surface area contributed by atoms with E-state index in [9.17, 15) is 9.90 Å². The molecular formula is C20H25NO2. The maximum absolute atomic E-state index is 12.3. The number of nitrogens with zero attached hydrogens (tertiary/aromatic N) is 1. The van der Waals surface area contributed by atoms with Crippen molar-refractivity contribution < 1.29 is 9.90 Å². The smallest absolute Gasteiger partial charge is 0.139 e. The maximum Gasteiger partial charge on any atom is 0.139 e. The van der Waals surface area contributed by atoms with Crippen molar-refractivity contribution in [2.75, 3.05) is 0 Å². The number of aliphatic hydroxyl groups is 1. The van der Waals surface area contributed by atoms with Crippen molar-refractivity contribution in [3.8, 4) is 6.07 Å². The molecule has 0 spiro atoms. The Morgan fingerprint density at radius 2 is 2.17 bits per heavy atom. The Hall–Kier alpha value is -1.40. The molecule has 1 N–H and O–H groups in total. The van der Waals surface area contributed by atoms with Gasteiger partial charge in [0.15, 0.2) is 0 Å². The van der Waals surface area contributed by atoms with E-state index < -0.39 is 5.60 Å². The van der Waals surface area contributed by atoms with Gasteiger partial charge in [0.05, 0.1) is 18.1 Å². The summed E-state index contributed by atoms with van der Waals surface area (Å²) in [5, 5.41) is 19.6. The van der Waals surface area contributed by atoms with Crippen LogP contribution in [0.4, 0.5) is 0 Å². The van der Waals surface area contributed by atoms with E-state index in [0.29, 0.717) is 30.5 Å². The van der Waals surface area contributed by atoms with Gasteiger partial charge in [-0.15, -0.1) is 0 Å². The number of carbonyl (C=O) groups excluding carboxylic acids is 1. The topological polar surface area (TPSA) is 61.1 Å². The van der Waals surface area contributed by atoms with Crippen molar-refractivity contribution in [3.05, 3.63) is 22.8 Å². The standard InChI is InChI=1S/C20H25NO2/c1-19-8-6-15-14-7-9-20(23,10-11-21)12-13(14)2-3-16(15)17(19)4-5-18(19)22/h6,16-17,23H,2-5,7-10,12H2,1H3/t16-,17+,19+,20?/m1/s1. The van der Waals surface area contributed by atoms with Crippen LogP contribution in [0.2, 0.25) is 0 Å². The van der Waals surface area contributed by atoms with Crippen molar-refractivity contribution >= 4 is 5.78 Å². The molecule has 122 valence electrons. The van der Waals surface area contributed by atoms with Crippen LogP contribution < -0.4 is 0 Å². The third-order valence-electron chi connectivity index (χ3n) is 7.09. The lowest BCUT2D eigenvalue weighted by molar-refractivity contribution is -0.127. The first-order valence-corrected chi connectivity index (χ1v) is 9.01. The second-order valence-electron chi connectivity index (χ2n) is 8.31. The first-order chi connectivity index (χ1) is 11.0. The number of nitriles is 1. The minimum Gasteiger partial charge on any atom is -0.388 e. The summed E-state index contributed by atoms with van der Waals surface area (Å²) in [7, 11) is 0. The molecule has 3 nitrogen and oxygen atoms in total. The molecule has 0 aromatic rings. The van der Waals surface area contributed by atoms with E-state index in [4.69, 9.17) is 5.26 Å².